The number of rotatable bonds is 0. The molecule has 0 aromatic heterocycles. The fourth-order valence-corrected chi connectivity index (χ4v) is 3.30. The van der Waals surface area contributed by atoms with Gasteiger partial charge in [0.05, 0.1) is 6.10 Å². The standard InChI is InChI=1S/C14H19BrO/c1-8-4-5-11-9(2)7-12(15)10(3)14(11)13(16)6-8/h7-8,13,16H,4-6H2,1-3H3. The Kier molecular flexibility index (Phi) is 3.41. The van der Waals surface area contributed by atoms with E-state index in [2.05, 4.69) is 42.8 Å². The van der Waals surface area contributed by atoms with Crippen LogP contribution in [0.1, 0.15) is 48.1 Å². The number of halogens is 1. The number of benzene rings is 1. The third-order valence-corrected chi connectivity index (χ3v) is 4.58. The molecule has 2 atom stereocenters. The van der Waals surface area contributed by atoms with E-state index in [0.29, 0.717) is 5.92 Å². The predicted molar refractivity (Wildman–Crippen MR) is 70.7 cm³/mol. The summed E-state index contributed by atoms with van der Waals surface area (Å²) in [6.07, 6.45) is 2.90. The highest BCUT2D eigenvalue weighted by Gasteiger charge is 2.24. The van der Waals surface area contributed by atoms with E-state index in [1.54, 1.807) is 0 Å². The van der Waals surface area contributed by atoms with Crippen LogP contribution in [0.2, 0.25) is 0 Å². The Hall–Kier alpha value is -0.340. The van der Waals surface area contributed by atoms with Crippen molar-refractivity contribution in [2.24, 2.45) is 5.92 Å². The lowest BCUT2D eigenvalue weighted by atomic mass is 9.92. The molecule has 0 spiro atoms. The molecule has 0 saturated heterocycles. The van der Waals surface area contributed by atoms with E-state index in [1.807, 2.05) is 0 Å². The summed E-state index contributed by atoms with van der Waals surface area (Å²) in [6, 6.07) is 2.18. The minimum atomic E-state index is -0.288. The zero-order chi connectivity index (χ0) is 11.9. The number of fused-ring (bicyclic) bond motifs is 1. The Bertz CT molecular complexity index is 412. The van der Waals surface area contributed by atoms with Crippen LogP contribution in [0.5, 0.6) is 0 Å². The Morgan fingerprint density at radius 1 is 1.38 bits per heavy atom. The van der Waals surface area contributed by atoms with E-state index in [0.717, 1.165) is 17.3 Å². The molecule has 0 radical (unpaired) electrons. The fraction of sp³-hybridized carbons (Fsp3) is 0.571. The Labute approximate surface area is 106 Å². The Balaban J connectivity index is 2.59. The molecule has 0 bridgehead atoms. The maximum absolute atomic E-state index is 10.3. The van der Waals surface area contributed by atoms with E-state index in [-0.39, 0.29) is 6.10 Å². The van der Waals surface area contributed by atoms with Gasteiger partial charge in [-0.2, -0.15) is 0 Å². The zero-order valence-electron chi connectivity index (χ0n) is 10.2. The highest BCUT2D eigenvalue weighted by molar-refractivity contribution is 9.10. The van der Waals surface area contributed by atoms with Gasteiger partial charge < -0.3 is 5.11 Å². The van der Waals surface area contributed by atoms with Gasteiger partial charge in [-0.1, -0.05) is 22.9 Å². The summed E-state index contributed by atoms with van der Waals surface area (Å²) in [4.78, 5) is 0. The molecule has 0 aliphatic heterocycles. The van der Waals surface area contributed by atoms with Gasteiger partial charge >= 0.3 is 0 Å². The fourth-order valence-electron chi connectivity index (χ4n) is 2.74. The average molecular weight is 283 g/mol. The molecular formula is C14H19BrO. The Morgan fingerprint density at radius 3 is 2.75 bits per heavy atom. The summed E-state index contributed by atoms with van der Waals surface area (Å²) in [6.45, 7) is 6.47. The lowest BCUT2D eigenvalue weighted by Crippen LogP contribution is -2.05. The van der Waals surface area contributed by atoms with Crippen LogP contribution >= 0.6 is 15.9 Å². The number of aryl methyl sites for hydroxylation is 1. The van der Waals surface area contributed by atoms with E-state index < -0.39 is 0 Å². The van der Waals surface area contributed by atoms with Gasteiger partial charge in [0, 0.05) is 4.47 Å². The SMILES string of the molecule is Cc1cc(Br)c(C)c2c1CCC(C)CC2O. The molecule has 88 valence electrons. The van der Waals surface area contributed by atoms with Crippen molar-refractivity contribution in [3.05, 3.63) is 32.8 Å². The van der Waals surface area contributed by atoms with Gasteiger partial charge in [-0.05, 0) is 67.3 Å². The van der Waals surface area contributed by atoms with E-state index >= 15 is 0 Å². The van der Waals surface area contributed by atoms with Crippen molar-refractivity contribution in [1.82, 2.24) is 0 Å². The summed E-state index contributed by atoms with van der Waals surface area (Å²) >= 11 is 3.58. The van der Waals surface area contributed by atoms with Gasteiger partial charge in [0.25, 0.3) is 0 Å². The summed E-state index contributed by atoms with van der Waals surface area (Å²) in [5.74, 6) is 0.611. The quantitative estimate of drug-likeness (QED) is 0.711. The zero-order valence-corrected chi connectivity index (χ0v) is 11.8. The first-order valence-corrected chi connectivity index (χ1v) is 6.76. The third-order valence-electron chi connectivity index (χ3n) is 3.75. The average Bonchev–Trinajstić information content (AvgIpc) is 2.34. The summed E-state index contributed by atoms with van der Waals surface area (Å²) in [5, 5.41) is 10.3. The maximum Gasteiger partial charge on any atom is 0.0798 e. The van der Waals surface area contributed by atoms with Crippen molar-refractivity contribution in [2.45, 2.75) is 46.1 Å². The van der Waals surface area contributed by atoms with Crippen LogP contribution in [0.25, 0.3) is 0 Å². The first kappa shape index (κ1) is 12.1. The Morgan fingerprint density at radius 2 is 2.06 bits per heavy atom. The second-order valence-corrected chi connectivity index (χ2v) is 5.94. The van der Waals surface area contributed by atoms with Crippen LogP contribution in [0, 0.1) is 19.8 Å². The van der Waals surface area contributed by atoms with Gasteiger partial charge in [-0.15, -0.1) is 0 Å². The van der Waals surface area contributed by atoms with Gasteiger partial charge in [-0.3, -0.25) is 0 Å². The van der Waals surface area contributed by atoms with Crippen molar-refractivity contribution in [3.63, 3.8) is 0 Å². The monoisotopic (exact) mass is 282 g/mol. The molecule has 1 aliphatic rings. The van der Waals surface area contributed by atoms with E-state index in [9.17, 15) is 5.11 Å². The highest BCUT2D eigenvalue weighted by atomic mass is 79.9. The molecule has 1 aromatic carbocycles. The lowest BCUT2D eigenvalue weighted by molar-refractivity contribution is 0.149. The minimum absolute atomic E-state index is 0.288. The summed E-state index contributed by atoms with van der Waals surface area (Å²) in [7, 11) is 0. The van der Waals surface area contributed by atoms with Gasteiger partial charge in [-0.25, -0.2) is 0 Å². The number of aliphatic hydroxyl groups excluding tert-OH is 1. The largest absolute Gasteiger partial charge is 0.388 e. The third kappa shape index (κ3) is 2.05. The van der Waals surface area contributed by atoms with Crippen molar-refractivity contribution in [1.29, 1.82) is 0 Å². The summed E-state index contributed by atoms with van der Waals surface area (Å²) in [5.41, 5.74) is 5.07. The van der Waals surface area contributed by atoms with Crippen LogP contribution < -0.4 is 0 Å². The van der Waals surface area contributed by atoms with Crippen molar-refractivity contribution in [3.8, 4) is 0 Å². The molecular weight excluding hydrogens is 264 g/mol. The van der Waals surface area contributed by atoms with Crippen molar-refractivity contribution < 1.29 is 5.11 Å². The van der Waals surface area contributed by atoms with Crippen LogP contribution in [0.4, 0.5) is 0 Å². The van der Waals surface area contributed by atoms with Gasteiger partial charge in [0.15, 0.2) is 0 Å². The molecule has 1 N–H and O–H groups in total. The molecule has 2 rings (SSSR count). The van der Waals surface area contributed by atoms with Gasteiger partial charge in [0.2, 0.25) is 0 Å². The molecule has 16 heavy (non-hydrogen) atoms. The molecule has 0 saturated carbocycles. The van der Waals surface area contributed by atoms with Crippen LogP contribution in [-0.2, 0) is 6.42 Å². The predicted octanol–water partition coefficient (Wildman–Crippen LogP) is 4.07. The molecule has 1 aliphatic carbocycles. The molecule has 1 aromatic rings. The molecule has 0 heterocycles. The second-order valence-electron chi connectivity index (χ2n) is 5.09. The first-order valence-electron chi connectivity index (χ1n) is 5.97. The molecule has 0 amide bonds. The number of hydrogen-bond acceptors (Lipinski definition) is 1. The molecule has 1 nitrogen and oxygen atoms in total. The molecule has 2 unspecified atom stereocenters. The van der Waals surface area contributed by atoms with Crippen molar-refractivity contribution >= 4 is 15.9 Å². The number of hydrogen-bond donors (Lipinski definition) is 1. The maximum atomic E-state index is 10.3. The first-order chi connectivity index (χ1) is 7.50. The topological polar surface area (TPSA) is 20.2 Å². The van der Waals surface area contributed by atoms with E-state index in [1.165, 1.54) is 28.7 Å². The molecule has 0 fully saturated rings. The summed E-state index contributed by atoms with van der Waals surface area (Å²) < 4.78 is 1.12. The van der Waals surface area contributed by atoms with Crippen LogP contribution in [-0.4, -0.2) is 5.11 Å². The van der Waals surface area contributed by atoms with E-state index in [4.69, 9.17) is 0 Å². The minimum Gasteiger partial charge on any atom is -0.388 e. The number of aliphatic hydroxyl groups is 1. The van der Waals surface area contributed by atoms with Gasteiger partial charge in [0.1, 0.15) is 0 Å². The van der Waals surface area contributed by atoms with Crippen LogP contribution in [0.15, 0.2) is 10.5 Å². The molecule has 2 heteroatoms. The second kappa shape index (κ2) is 4.50. The smallest absolute Gasteiger partial charge is 0.0798 e. The normalized spacial score (nSPS) is 25.1. The van der Waals surface area contributed by atoms with Crippen LogP contribution in [0.3, 0.4) is 0 Å². The lowest BCUT2D eigenvalue weighted by Gasteiger charge is -2.19. The van der Waals surface area contributed by atoms with Crippen molar-refractivity contribution in [2.75, 3.05) is 0 Å². The highest BCUT2D eigenvalue weighted by Crippen LogP contribution is 2.38.